The molecule has 1 unspecified atom stereocenters. The van der Waals surface area contributed by atoms with Gasteiger partial charge in [-0.05, 0) is 24.1 Å². The molecule has 1 fully saturated rings. The molecule has 25 heavy (non-hydrogen) atoms. The third-order valence-electron chi connectivity index (χ3n) is 4.16. The molecule has 7 heteroatoms. The zero-order chi connectivity index (χ0) is 17.6. The van der Waals surface area contributed by atoms with Crippen LogP contribution in [0.1, 0.15) is 18.9 Å². The van der Waals surface area contributed by atoms with Crippen molar-refractivity contribution in [1.82, 2.24) is 14.9 Å². The van der Waals surface area contributed by atoms with E-state index in [-0.39, 0.29) is 5.91 Å². The van der Waals surface area contributed by atoms with Crippen molar-refractivity contribution in [3.05, 3.63) is 42.2 Å². The number of hydrogen-bond donors (Lipinski definition) is 2. The molecule has 0 bridgehead atoms. The van der Waals surface area contributed by atoms with Gasteiger partial charge in [-0.25, -0.2) is 9.97 Å². The van der Waals surface area contributed by atoms with Gasteiger partial charge in [0.05, 0.1) is 7.11 Å². The number of carbonyl (C=O) groups is 1. The Bertz CT molecular complexity index is 720. The molecule has 3 rings (SSSR count). The summed E-state index contributed by atoms with van der Waals surface area (Å²) >= 11 is 0. The summed E-state index contributed by atoms with van der Waals surface area (Å²) in [5.41, 5.74) is 2.06. The maximum Gasteiger partial charge on any atom is 0.221 e. The van der Waals surface area contributed by atoms with Gasteiger partial charge >= 0.3 is 0 Å². The Hall–Kier alpha value is -2.67. The number of methoxy groups -OCH3 is 1. The number of nitrogens with zero attached hydrogens (tertiary/aromatic N) is 3. The number of carbonyl (C=O) groups excluding carboxylic acids is 1. The van der Waals surface area contributed by atoms with Crippen LogP contribution in [-0.4, -0.2) is 47.0 Å². The molecule has 1 aromatic carbocycles. The van der Waals surface area contributed by atoms with Crippen LogP contribution >= 0.6 is 0 Å². The van der Waals surface area contributed by atoms with Crippen molar-refractivity contribution in [3.8, 4) is 5.88 Å². The van der Waals surface area contributed by atoms with Gasteiger partial charge < -0.3 is 15.4 Å². The number of benzene rings is 1. The van der Waals surface area contributed by atoms with Crippen LogP contribution in [0.15, 0.2) is 36.7 Å². The molecule has 2 N–H and O–H groups in total. The van der Waals surface area contributed by atoms with Crippen molar-refractivity contribution < 1.29 is 9.53 Å². The average molecular weight is 341 g/mol. The maximum atomic E-state index is 11.1. The smallest absolute Gasteiger partial charge is 0.221 e. The summed E-state index contributed by atoms with van der Waals surface area (Å²) < 4.78 is 5.13. The average Bonchev–Trinajstić information content (AvgIpc) is 3.03. The molecule has 1 amide bonds. The summed E-state index contributed by atoms with van der Waals surface area (Å²) in [6.07, 6.45) is 2.57. The zero-order valence-corrected chi connectivity index (χ0v) is 14.5. The van der Waals surface area contributed by atoms with Crippen molar-refractivity contribution in [2.24, 2.45) is 0 Å². The monoisotopic (exact) mass is 341 g/mol. The minimum absolute atomic E-state index is 0.0532. The van der Waals surface area contributed by atoms with E-state index in [4.69, 9.17) is 4.74 Å². The van der Waals surface area contributed by atoms with Crippen molar-refractivity contribution in [2.75, 3.05) is 30.8 Å². The van der Waals surface area contributed by atoms with Gasteiger partial charge in [-0.1, -0.05) is 12.1 Å². The fourth-order valence-electron chi connectivity index (χ4n) is 2.99. The van der Waals surface area contributed by atoms with Gasteiger partial charge in [0.25, 0.3) is 0 Å². The van der Waals surface area contributed by atoms with E-state index in [0.29, 0.717) is 11.9 Å². The standard InChI is InChI=1S/C18H23N5O2/c1-13(24)21-15-5-3-14(4-6-15)10-23-8-7-16(11-23)22-17-9-18(25-2)20-12-19-17/h3-6,9,12,16H,7-8,10-11H2,1-2H3,(H,21,24)(H,19,20,22). The molecule has 0 aliphatic carbocycles. The highest BCUT2D eigenvalue weighted by Gasteiger charge is 2.22. The van der Waals surface area contributed by atoms with Gasteiger partial charge in [-0.15, -0.1) is 0 Å². The Morgan fingerprint density at radius 2 is 2.12 bits per heavy atom. The number of likely N-dealkylation sites (tertiary alicyclic amines) is 1. The zero-order valence-electron chi connectivity index (χ0n) is 14.5. The third kappa shape index (κ3) is 4.90. The van der Waals surface area contributed by atoms with Crippen molar-refractivity contribution in [1.29, 1.82) is 0 Å². The predicted molar refractivity (Wildman–Crippen MR) is 96.6 cm³/mol. The highest BCUT2D eigenvalue weighted by Crippen LogP contribution is 2.19. The lowest BCUT2D eigenvalue weighted by atomic mass is 10.2. The van der Waals surface area contributed by atoms with Crippen LogP contribution in [0.3, 0.4) is 0 Å². The molecular weight excluding hydrogens is 318 g/mol. The molecule has 0 spiro atoms. The third-order valence-corrected chi connectivity index (χ3v) is 4.16. The summed E-state index contributed by atoms with van der Waals surface area (Å²) in [4.78, 5) is 21.7. The van der Waals surface area contributed by atoms with Crippen LogP contribution in [0, 0.1) is 0 Å². The largest absolute Gasteiger partial charge is 0.481 e. The predicted octanol–water partition coefficient (Wildman–Crippen LogP) is 2.13. The van der Waals surface area contributed by atoms with Crippen LogP contribution in [0.25, 0.3) is 0 Å². The molecule has 1 aromatic heterocycles. The van der Waals surface area contributed by atoms with Crippen molar-refractivity contribution >= 4 is 17.4 Å². The van der Waals surface area contributed by atoms with Crippen LogP contribution < -0.4 is 15.4 Å². The first-order valence-corrected chi connectivity index (χ1v) is 8.34. The van der Waals surface area contributed by atoms with Gasteiger partial charge in [0.15, 0.2) is 0 Å². The fourth-order valence-corrected chi connectivity index (χ4v) is 2.99. The van der Waals surface area contributed by atoms with Gasteiger partial charge in [-0.2, -0.15) is 0 Å². The van der Waals surface area contributed by atoms with Crippen molar-refractivity contribution in [3.63, 3.8) is 0 Å². The van der Waals surface area contributed by atoms with E-state index in [1.807, 2.05) is 18.2 Å². The highest BCUT2D eigenvalue weighted by atomic mass is 16.5. The Kier molecular flexibility index (Phi) is 5.45. The Labute approximate surface area is 147 Å². The molecule has 132 valence electrons. The number of nitrogens with one attached hydrogen (secondary N) is 2. The number of hydrogen-bond acceptors (Lipinski definition) is 6. The van der Waals surface area contributed by atoms with Crippen LogP contribution in [-0.2, 0) is 11.3 Å². The highest BCUT2D eigenvalue weighted by molar-refractivity contribution is 5.88. The van der Waals surface area contributed by atoms with Crippen molar-refractivity contribution in [2.45, 2.75) is 25.9 Å². The first kappa shape index (κ1) is 17.2. The number of aromatic nitrogens is 2. The van der Waals surface area contributed by atoms with E-state index < -0.39 is 0 Å². The van der Waals surface area contributed by atoms with Gasteiger partial charge in [0.2, 0.25) is 11.8 Å². The van der Waals surface area contributed by atoms with E-state index in [1.54, 1.807) is 7.11 Å². The topological polar surface area (TPSA) is 79.4 Å². The molecule has 1 aliphatic heterocycles. The minimum atomic E-state index is -0.0532. The first-order chi connectivity index (χ1) is 12.1. The normalized spacial score (nSPS) is 17.3. The molecular formula is C18H23N5O2. The van der Waals surface area contributed by atoms with Crippen LogP contribution in [0.2, 0.25) is 0 Å². The summed E-state index contributed by atoms with van der Waals surface area (Å²) in [7, 11) is 1.60. The molecule has 1 aliphatic rings. The second kappa shape index (κ2) is 7.94. The Morgan fingerprint density at radius 1 is 1.32 bits per heavy atom. The van der Waals surface area contributed by atoms with Gasteiger partial charge in [0, 0.05) is 44.4 Å². The molecule has 0 saturated carbocycles. The van der Waals surface area contributed by atoms with E-state index in [2.05, 4.69) is 37.6 Å². The Morgan fingerprint density at radius 3 is 2.84 bits per heavy atom. The SMILES string of the molecule is COc1cc(NC2CCN(Cc3ccc(NC(C)=O)cc3)C2)ncn1. The summed E-state index contributed by atoms with van der Waals surface area (Å²) in [5, 5.41) is 6.23. The van der Waals surface area contributed by atoms with Crippen LogP contribution in [0.4, 0.5) is 11.5 Å². The second-order valence-electron chi connectivity index (χ2n) is 6.19. The van der Waals surface area contributed by atoms with E-state index in [9.17, 15) is 4.79 Å². The molecule has 0 radical (unpaired) electrons. The summed E-state index contributed by atoms with van der Waals surface area (Å²) in [6, 6.07) is 10.2. The van der Waals surface area contributed by atoms with E-state index >= 15 is 0 Å². The van der Waals surface area contributed by atoms with E-state index in [1.165, 1.54) is 18.8 Å². The summed E-state index contributed by atoms with van der Waals surface area (Å²) in [6.45, 7) is 4.40. The molecule has 1 atom stereocenters. The molecule has 1 saturated heterocycles. The minimum Gasteiger partial charge on any atom is -0.481 e. The lowest BCUT2D eigenvalue weighted by Crippen LogP contribution is -2.26. The lowest BCUT2D eigenvalue weighted by molar-refractivity contribution is -0.114. The number of anilines is 2. The second-order valence-corrected chi connectivity index (χ2v) is 6.19. The summed E-state index contributed by atoms with van der Waals surface area (Å²) in [5.74, 6) is 1.30. The van der Waals surface area contributed by atoms with Gasteiger partial charge in [-0.3, -0.25) is 9.69 Å². The molecule has 7 nitrogen and oxygen atoms in total. The molecule has 2 aromatic rings. The number of ether oxygens (including phenoxy) is 1. The fraction of sp³-hybridized carbons (Fsp3) is 0.389. The van der Waals surface area contributed by atoms with E-state index in [0.717, 1.165) is 37.6 Å². The molecule has 2 heterocycles. The maximum absolute atomic E-state index is 11.1. The quantitative estimate of drug-likeness (QED) is 0.838. The Balaban J connectivity index is 1.51. The van der Waals surface area contributed by atoms with Gasteiger partial charge in [0.1, 0.15) is 12.1 Å². The number of amides is 1. The first-order valence-electron chi connectivity index (χ1n) is 8.34. The lowest BCUT2D eigenvalue weighted by Gasteiger charge is -2.17. The van der Waals surface area contributed by atoms with Crippen LogP contribution in [0.5, 0.6) is 5.88 Å². The number of rotatable bonds is 6.